The number of hydrogen-bond acceptors (Lipinski definition) is 6. The third-order valence-corrected chi connectivity index (χ3v) is 3.50. The average Bonchev–Trinajstić information content (AvgIpc) is 2.97. The molecule has 0 radical (unpaired) electrons. The van der Waals surface area contributed by atoms with Crippen LogP contribution in [0.4, 0.5) is 5.69 Å². The zero-order chi connectivity index (χ0) is 14.7. The Hall–Kier alpha value is -2.74. The van der Waals surface area contributed by atoms with Crippen molar-refractivity contribution in [2.24, 2.45) is 0 Å². The molecule has 2 aromatic heterocycles. The maximum absolute atomic E-state index is 10.9. The second kappa shape index (κ2) is 5.71. The normalized spacial score (nSPS) is 10.5. The number of benzene rings is 1. The van der Waals surface area contributed by atoms with Gasteiger partial charge in [-0.25, -0.2) is 14.6 Å². The first kappa shape index (κ1) is 13.3. The molecular formula is C13H9N5O2S. The van der Waals surface area contributed by atoms with E-state index in [-0.39, 0.29) is 10.7 Å². The van der Waals surface area contributed by atoms with E-state index in [1.807, 2.05) is 30.3 Å². The van der Waals surface area contributed by atoms with E-state index in [9.17, 15) is 10.1 Å². The van der Waals surface area contributed by atoms with E-state index < -0.39 is 4.92 Å². The van der Waals surface area contributed by atoms with Crippen LogP contribution >= 0.6 is 11.8 Å². The largest absolute Gasteiger partial charge is 0.301 e. The van der Waals surface area contributed by atoms with Crippen molar-refractivity contribution in [1.29, 1.82) is 0 Å². The lowest BCUT2D eigenvalue weighted by Crippen LogP contribution is -1.95. The molecule has 0 atom stereocenters. The third-order valence-electron chi connectivity index (χ3n) is 2.63. The Morgan fingerprint density at radius 2 is 1.90 bits per heavy atom. The first-order chi connectivity index (χ1) is 10.2. The van der Waals surface area contributed by atoms with Crippen LogP contribution in [0.25, 0.3) is 5.69 Å². The lowest BCUT2D eigenvalue weighted by molar-refractivity contribution is -0.388. The smallest absolute Gasteiger partial charge is 0.258 e. The minimum atomic E-state index is -0.469. The van der Waals surface area contributed by atoms with Gasteiger partial charge in [0.05, 0.1) is 10.6 Å². The highest BCUT2D eigenvalue weighted by molar-refractivity contribution is 7.99. The van der Waals surface area contributed by atoms with Gasteiger partial charge >= 0.3 is 5.69 Å². The molecule has 8 heteroatoms. The van der Waals surface area contributed by atoms with Crippen molar-refractivity contribution in [2.45, 2.75) is 10.2 Å². The van der Waals surface area contributed by atoms with Gasteiger partial charge in [0.2, 0.25) is 5.16 Å². The van der Waals surface area contributed by atoms with Crippen molar-refractivity contribution in [1.82, 2.24) is 19.7 Å². The first-order valence-electron chi connectivity index (χ1n) is 5.98. The molecule has 104 valence electrons. The SMILES string of the molecule is O=[N+]([O-])c1cccnc1Sc1ncn(-c2ccccc2)n1. The summed E-state index contributed by atoms with van der Waals surface area (Å²) >= 11 is 1.06. The molecule has 1 aromatic carbocycles. The maximum atomic E-state index is 10.9. The van der Waals surface area contributed by atoms with Crippen LogP contribution in [0.2, 0.25) is 0 Å². The summed E-state index contributed by atoms with van der Waals surface area (Å²) in [5.74, 6) is 0. The zero-order valence-corrected chi connectivity index (χ0v) is 11.5. The van der Waals surface area contributed by atoms with Crippen molar-refractivity contribution in [3.63, 3.8) is 0 Å². The lowest BCUT2D eigenvalue weighted by atomic mass is 10.3. The molecule has 0 bridgehead atoms. The van der Waals surface area contributed by atoms with Crippen LogP contribution in [-0.4, -0.2) is 24.7 Å². The summed E-state index contributed by atoms with van der Waals surface area (Å²) in [5, 5.41) is 15.9. The van der Waals surface area contributed by atoms with Gasteiger partial charge in [0, 0.05) is 12.3 Å². The summed E-state index contributed by atoms with van der Waals surface area (Å²) in [4.78, 5) is 18.6. The fraction of sp³-hybridized carbons (Fsp3) is 0. The fourth-order valence-electron chi connectivity index (χ4n) is 1.69. The molecule has 2 heterocycles. The molecule has 0 saturated heterocycles. The molecule has 0 aliphatic rings. The zero-order valence-electron chi connectivity index (χ0n) is 10.7. The van der Waals surface area contributed by atoms with Crippen LogP contribution in [-0.2, 0) is 0 Å². The Balaban J connectivity index is 1.87. The molecule has 0 unspecified atom stereocenters. The van der Waals surface area contributed by atoms with Gasteiger partial charge in [0.15, 0.2) is 5.03 Å². The summed E-state index contributed by atoms with van der Waals surface area (Å²) < 4.78 is 1.61. The second-order valence-corrected chi connectivity index (χ2v) is 4.95. The Bertz CT molecular complexity index is 775. The number of para-hydroxylation sites is 1. The quantitative estimate of drug-likeness (QED) is 0.544. The Morgan fingerprint density at radius 3 is 2.67 bits per heavy atom. The van der Waals surface area contributed by atoms with Crippen LogP contribution in [0, 0.1) is 10.1 Å². The van der Waals surface area contributed by atoms with Crippen LogP contribution in [0.15, 0.2) is 65.2 Å². The number of nitro groups is 1. The predicted molar refractivity (Wildman–Crippen MR) is 76.4 cm³/mol. The van der Waals surface area contributed by atoms with E-state index >= 15 is 0 Å². The predicted octanol–water partition coefficient (Wildman–Crippen LogP) is 2.72. The van der Waals surface area contributed by atoms with Crippen LogP contribution < -0.4 is 0 Å². The van der Waals surface area contributed by atoms with Crippen LogP contribution in [0.5, 0.6) is 0 Å². The van der Waals surface area contributed by atoms with Crippen molar-refractivity contribution < 1.29 is 4.92 Å². The Morgan fingerprint density at radius 1 is 1.10 bits per heavy atom. The van der Waals surface area contributed by atoms with Crippen LogP contribution in [0.1, 0.15) is 0 Å². The van der Waals surface area contributed by atoms with Gasteiger partial charge in [0.1, 0.15) is 6.33 Å². The number of rotatable bonds is 4. The summed E-state index contributed by atoms with van der Waals surface area (Å²) in [7, 11) is 0. The Kier molecular flexibility index (Phi) is 3.61. The number of hydrogen-bond donors (Lipinski definition) is 0. The molecule has 0 aliphatic carbocycles. The average molecular weight is 299 g/mol. The molecule has 0 fully saturated rings. The van der Waals surface area contributed by atoms with Gasteiger partial charge in [-0.05, 0) is 30.0 Å². The number of pyridine rings is 1. The van der Waals surface area contributed by atoms with Crippen LogP contribution in [0.3, 0.4) is 0 Å². The van der Waals surface area contributed by atoms with Crippen molar-refractivity contribution in [3.05, 3.63) is 65.1 Å². The molecule has 0 saturated carbocycles. The van der Waals surface area contributed by atoms with E-state index in [2.05, 4.69) is 15.1 Å². The van der Waals surface area contributed by atoms with Gasteiger partial charge in [-0.15, -0.1) is 5.10 Å². The fourth-order valence-corrected chi connectivity index (χ4v) is 2.45. The summed E-state index contributed by atoms with van der Waals surface area (Å²) in [6, 6.07) is 12.4. The van der Waals surface area contributed by atoms with Gasteiger partial charge in [0.25, 0.3) is 0 Å². The second-order valence-electron chi connectivity index (χ2n) is 3.99. The number of aromatic nitrogens is 4. The molecule has 7 nitrogen and oxygen atoms in total. The minimum absolute atomic E-state index is 0.0569. The molecule has 0 aliphatic heterocycles. The minimum Gasteiger partial charge on any atom is -0.258 e. The molecule has 0 N–H and O–H groups in total. The van der Waals surface area contributed by atoms with Crippen molar-refractivity contribution in [3.8, 4) is 5.69 Å². The molecule has 0 amide bonds. The highest BCUT2D eigenvalue weighted by atomic mass is 32.2. The van der Waals surface area contributed by atoms with E-state index in [0.717, 1.165) is 17.4 Å². The van der Waals surface area contributed by atoms with Crippen molar-refractivity contribution in [2.75, 3.05) is 0 Å². The highest BCUT2D eigenvalue weighted by Gasteiger charge is 2.17. The lowest BCUT2D eigenvalue weighted by Gasteiger charge is -1.99. The molecular weight excluding hydrogens is 290 g/mol. The summed E-state index contributed by atoms with van der Waals surface area (Å²) in [6.07, 6.45) is 3.07. The molecule has 21 heavy (non-hydrogen) atoms. The molecule has 0 spiro atoms. The van der Waals surface area contributed by atoms with E-state index in [1.165, 1.54) is 18.3 Å². The topological polar surface area (TPSA) is 86.7 Å². The van der Waals surface area contributed by atoms with Gasteiger partial charge in [-0.1, -0.05) is 18.2 Å². The highest BCUT2D eigenvalue weighted by Crippen LogP contribution is 2.30. The van der Waals surface area contributed by atoms with E-state index in [1.54, 1.807) is 11.0 Å². The van der Waals surface area contributed by atoms with E-state index in [0.29, 0.717) is 5.16 Å². The standard InChI is InChI=1S/C13H9N5O2S/c19-18(20)11-7-4-8-14-12(11)21-13-15-9-17(16-13)10-5-2-1-3-6-10/h1-9H. The summed E-state index contributed by atoms with van der Waals surface area (Å²) in [5.41, 5.74) is 0.811. The maximum Gasteiger partial charge on any atom is 0.301 e. The first-order valence-corrected chi connectivity index (χ1v) is 6.80. The van der Waals surface area contributed by atoms with Gasteiger partial charge in [-0.2, -0.15) is 0 Å². The Labute approximate surface area is 123 Å². The number of nitrogens with zero attached hydrogens (tertiary/aromatic N) is 5. The monoisotopic (exact) mass is 299 g/mol. The third kappa shape index (κ3) is 2.90. The molecule has 3 rings (SSSR count). The molecule has 3 aromatic rings. The van der Waals surface area contributed by atoms with Gasteiger partial charge < -0.3 is 0 Å². The van der Waals surface area contributed by atoms with Crippen molar-refractivity contribution >= 4 is 17.4 Å². The van der Waals surface area contributed by atoms with E-state index in [4.69, 9.17) is 0 Å². The summed E-state index contributed by atoms with van der Waals surface area (Å²) in [6.45, 7) is 0. The van der Waals surface area contributed by atoms with Gasteiger partial charge in [-0.3, -0.25) is 10.1 Å².